The van der Waals surface area contributed by atoms with Gasteiger partial charge in [-0.05, 0) is 38.2 Å². The lowest BCUT2D eigenvalue weighted by Crippen LogP contribution is -2.47. The molecule has 1 aliphatic heterocycles. The van der Waals surface area contributed by atoms with Crippen molar-refractivity contribution in [3.63, 3.8) is 0 Å². The van der Waals surface area contributed by atoms with E-state index in [0.717, 1.165) is 38.8 Å². The lowest BCUT2D eigenvalue weighted by Gasteiger charge is -2.40. The normalized spacial score (nSPS) is 25.8. The lowest BCUT2D eigenvalue weighted by atomic mass is 9.74. The van der Waals surface area contributed by atoms with Gasteiger partial charge in [-0.25, -0.2) is 0 Å². The minimum Gasteiger partial charge on any atom is -0.342 e. The zero-order valence-electron chi connectivity index (χ0n) is 13.3. The van der Waals surface area contributed by atoms with Crippen LogP contribution in [0.1, 0.15) is 69.0 Å². The van der Waals surface area contributed by atoms with Crippen LogP contribution in [0.3, 0.4) is 0 Å². The molecule has 1 saturated carbocycles. The number of piperidine rings is 1. The fourth-order valence-electron chi connectivity index (χ4n) is 4.09. The van der Waals surface area contributed by atoms with Gasteiger partial charge in [0.25, 0.3) is 0 Å². The van der Waals surface area contributed by atoms with E-state index in [4.69, 9.17) is 0 Å². The molecule has 1 N–H and O–H groups in total. The van der Waals surface area contributed by atoms with Gasteiger partial charge in [0.15, 0.2) is 0 Å². The third-order valence-electron chi connectivity index (χ3n) is 5.46. The zero-order chi connectivity index (χ0) is 14.9. The maximum absolute atomic E-state index is 13.0. The number of aromatic nitrogens is 2. The van der Waals surface area contributed by atoms with E-state index in [-0.39, 0.29) is 5.41 Å². The summed E-state index contributed by atoms with van der Waals surface area (Å²) < 4.78 is 0. The molecule has 1 saturated heterocycles. The van der Waals surface area contributed by atoms with Crippen molar-refractivity contribution >= 4 is 5.91 Å². The first-order valence-corrected chi connectivity index (χ1v) is 8.39. The van der Waals surface area contributed by atoms with Crippen molar-refractivity contribution in [2.24, 2.45) is 5.41 Å². The van der Waals surface area contributed by atoms with E-state index in [1.54, 1.807) is 0 Å². The van der Waals surface area contributed by atoms with Crippen LogP contribution in [0.15, 0.2) is 6.20 Å². The quantitative estimate of drug-likeness (QED) is 0.907. The first-order chi connectivity index (χ1) is 10.1. The molecule has 3 rings (SSSR count). The van der Waals surface area contributed by atoms with Crippen molar-refractivity contribution in [2.75, 3.05) is 13.1 Å². The fraction of sp³-hybridized carbons (Fsp3) is 0.765. The molecular weight excluding hydrogens is 262 g/mol. The zero-order valence-corrected chi connectivity index (χ0v) is 13.3. The summed E-state index contributed by atoms with van der Waals surface area (Å²) in [7, 11) is 0. The van der Waals surface area contributed by atoms with E-state index >= 15 is 0 Å². The summed E-state index contributed by atoms with van der Waals surface area (Å²) in [5, 5.41) is 7.28. The van der Waals surface area contributed by atoms with Crippen molar-refractivity contribution in [2.45, 2.75) is 64.7 Å². The Kier molecular flexibility index (Phi) is 4.05. The number of likely N-dealkylation sites (tertiary alicyclic amines) is 1. The number of hydrogen-bond donors (Lipinski definition) is 1. The Labute approximate surface area is 127 Å². The summed E-state index contributed by atoms with van der Waals surface area (Å²) in [5.41, 5.74) is 2.34. The topological polar surface area (TPSA) is 49.0 Å². The Morgan fingerprint density at radius 2 is 2.10 bits per heavy atom. The number of aromatic amines is 1. The lowest BCUT2D eigenvalue weighted by molar-refractivity contribution is -0.144. The maximum atomic E-state index is 13.0. The number of aryl methyl sites for hydroxylation is 1. The number of hydrogen-bond acceptors (Lipinski definition) is 2. The average molecular weight is 289 g/mol. The highest BCUT2D eigenvalue weighted by molar-refractivity contribution is 5.82. The minimum atomic E-state index is -0.108. The van der Waals surface area contributed by atoms with Crippen molar-refractivity contribution < 1.29 is 4.79 Å². The molecule has 0 unspecified atom stereocenters. The van der Waals surface area contributed by atoms with Crippen LogP contribution < -0.4 is 0 Å². The Morgan fingerprint density at radius 3 is 2.76 bits per heavy atom. The smallest absolute Gasteiger partial charge is 0.228 e. The van der Waals surface area contributed by atoms with Crippen molar-refractivity contribution in [3.8, 4) is 0 Å². The van der Waals surface area contributed by atoms with Gasteiger partial charge in [-0.1, -0.05) is 26.2 Å². The molecule has 0 spiro atoms. The fourth-order valence-corrected chi connectivity index (χ4v) is 4.09. The van der Waals surface area contributed by atoms with Crippen LogP contribution in [0.5, 0.6) is 0 Å². The van der Waals surface area contributed by atoms with Crippen LogP contribution >= 0.6 is 0 Å². The predicted octanol–water partition coefficient (Wildman–Crippen LogP) is 3.39. The van der Waals surface area contributed by atoms with E-state index in [1.165, 1.54) is 30.5 Å². The molecule has 1 amide bonds. The van der Waals surface area contributed by atoms with Gasteiger partial charge in [-0.2, -0.15) is 5.10 Å². The van der Waals surface area contributed by atoms with E-state index < -0.39 is 0 Å². The largest absolute Gasteiger partial charge is 0.342 e. The summed E-state index contributed by atoms with van der Waals surface area (Å²) in [6, 6.07) is 0. The monoisotopic (exact) mass is 289 g/mol. The number of nitrogens with zero attached hydrogens (tertiary/aromatic N) is 2. The van der Waals surface area contributed by atoms with Crippen molar-refractivity contribution in [3.05, 3.63) is 17.5 Å². The van der Waals surface area contributed by atoms with Crippen LogP contribution in [0.2, 0.25) is 0 Å². The Morgan fingerprint density at radius 1 is 1.33 bits per heavy atom. The van der Waals surface area contributed by atoms with Crippen molar-refractivity contribution in [1.82, 2.24) is 15.1 Å². The van der Waals surface area contributed by atoms with Crippen LogP contribution in [-0.4, -0.2) is 34.1 Å². The molecule has 1 atom stereocenters. The Hall–Kier alpha value is -1.32. The second-order valence-electron chi connectivity index (χ2n) is 7.18. The molecule has 21 heavy (non-hydrogen) atoms. The first-order valence-electron chi connectivity index (χ1n) is 8.39. The second kappa shape index (κ2) is 5.82. The van der Waals surface area contributed by atoms with Gasteiger partial charge in [0, 0.05) is 30.1 Å². The van der Waals surface area contributed by atoms with Crippen LogP contribution in [-0.2, 0) is 4.79 Å². The van der Waals surface area contributed by atoms with Gasteiger partial charge in [-0.15, -0.1) is 0 Å². The first kappa shape index (κ1) is 14.6. The number of amides is 1. The number of nitrogens with one attached hydrogen (secondary N) is 1. The molecule has 0 radical (unpaired) electrons. The average Bonchev–Trinajstić information content (AvgIpc) is 2.93. The third kappa shape index (κ3) is 2.85. The Bertz CT molecular complexity index is 502. The molecule has 2 heterocycles. The van der Waals surface area contributed by atoms with E-state index in [0.29, 0.717) is 11.8 Å². The van der Waals surface area contributed by atoms with Crippen molar-refractivity contribution in [1.29, 1.82) is 0 Å². The third-order valence-corrected chi connectivity index (χ3v) is 5.46. The molecule has 4 heteroatoms. The van der Waals surface area contributed by atoms with Crippen LogP contribution in [0.4, 0.5) is 0 Å². The van der Waals surface area contributed by atoms with Gasteiger partial charge < -0.3 is 4.90 Å². The SMILES string of the molecule is Cc1cn[nH]c1[C@@H]1CCCN(C(=O)C2(C)CCCCC2)C1. The molecule has 0 bridgehead atoms. The summed E-state index contributed by atoms with van der Waals surface area (Å²) in [4.78, 5) is 15.1. The molecule has 1 aromatic rings. The van der Waals surface area contributed by atoms with Gasteiger partial charge in [0.1, 0.15) is 0 Å². The Balaban J connectivity index is 1.71. The summed E-state index contributed by atoms with van der Waals surface area (Å²) in [5.74, 6) is 0.821. The van der Waals surface area contributed by atoms with Gasteiger partial charge in [0.2, 0.25) is 5.91 Å². The van der Waals surface area contributed by atoms with E-state index in [2.05, 4.69) is 28.9 Å². The highest BCUT2D eigenvalue weighted by atomic mass is 16.2. The predicted molar refractivity (Wildman–Crippen MR) is 83.1 cm³/mol. The van der Waals surface area contributed by atoms with Gasteiger partial charge in [0.05, 0.1) is 6.20 Å². The molecule has 2 aliphatic rings. The van der Waals surface area contributed by atoms with Crippen LogP contribution in [0.25, 0.3) is 0 Å². The number of carbonyl (C=O) groups is 1. The minimum absolute atomic E-state index is 0.108. The molecule has 2 fully saturated rings. The van der Waals surface area contributed by atoms with E-state index in [1.807, 2.05) is 6.20 Å². The summed E-state index contributed by atoms with van der Waals surface area (Å²) in [6.45, 7) is 6.07. The van der Waals surface area contributed by atoms with Gasteiger partial charge >= 0.3 is 0 Å². The molecular formula is C17H27N3O. The standard InChI is InChI=1S/C17H27N3O/c1-13-11-18-19-15(13)14-7-6-10-20(12-14)16(21)17(2)8-4-3-5-9-17/h11,14H,3-10,12H2,1-2H3,(H,18,19)/t14-/m1/s1. The van der Waals surface area contributed by atoms with Crippen LogP contribution in [0, 0.1) is 12.3 Å². The summed E-state index contributed by atoms with van der Waals surface area (Å²) in [6.07, 6.45) is 9.98. The van der Waals surface area contributed by atoms with Gasteiger partial charge in [-0.3, -0.25) is 9.89 Å². The molecule has 1 aliphatic carbocycles. The molecule has 116 valence electrons. The number of rotatable bonds is 2. The number of carbonyl (C=O) groups excluding carboxylic acids is 1. The maximum Gasteiger partial charge on any atom is 0.228 e. The highest BCUT2D eigenvalue weighted by Crippen LogP contribution is 2.39. The molecule has 4 nitrogen and oxygen atoms in total. The highest BCUT2D eigenvalue weighted by Gasteiger charge is 2.39. The second-order valence-corrected chi connectivity index (χ2v) is 7.18. The summed E-state index contributed by atoms with van der Waals surface area (Å²) >= 11 is 0. The number of H-pyrrole nitrogens is 1. The molecule has 0 aromatic carbocycles. The molecule has 1 aromatic heterocycles. The van der Waals surface area contributed by atoms with E-state index in [9.17, 15) is 4.79 Å².